The summed E-state index contributed by atoms with van der Waals surface area (Å²) in [5.41, 5.74) is 2.13. The standard InChI is InChI=1S/C12H12BrN3S/c1-14-10-4-5-15-11(6-10)8-17-12-3-2-9(13)7-16-12/h2-7H,8H2,1H3,(H,14,15). The van der Waals surface area contributed by atoms with Crippen LogP contribution >= 0.6 is 27.7 Å². The first-order chi connectivity index (χ1) is 8.28. The van der Waals surface area contributed by atoms with E-state index >= 15 is 0 Å². The van der Waals surface area contributed by atoms with Crippen molar-refractivity contribution in [3.63, 3.8) is 0 Å². The van der Waals surface area contributed by atoms with Crippen molar-refractivity contribution in [1.82, 2.24) is 9.97 Å². The summed E-state index contributed by atoms with van der Waals surface area (Å²) in [5.74, 6) is 0.824. The van der Waals surface area contributed by atoms with Crippen molar-refractivity contribution < 1.29 is 0 Å². The Morgan fingerprint density at radius 3 is 2.88 bits per heavy atom. The fourth-order valence-electron chi connectivity index (χ4n) is 1.31. The molecule has 0 aliphatic heterocycles. The van der Waals surface area contributed by atoms with Crippen LogP contribution in [0, 0.1) is 0 Å². The summed E-state index contributed by atoms with van der Waals surface area (Å²) in [5, 5.41) is 4.11. The molecule has 0 bridgehead atoms. The zero-order valence-electron chi connectivity index (χ0n) is 9.35. The molecule has 0 saturated heterocycles. The summed E-state index contributed by atoms with van der Waals surface area (Å²) < 4.78 is 0.997. The zero-order chi connectivity index (χ0) is 12.1. The van der Waals surface area contributed by atoms with Crippen LogP contribution in [0.4, 0.5) is 5.69 Å². The molecule has 0 aromatic carbocycles. The largest absolute Gasteiger partial charge is 0.388 e. The number of nitrogens with zero attached hydrogens (tertiary/aromatic N) is 2. The highest BCUT2D eigenvalue weighted by atomic mass is 79.9. The van der Waals surface area contributed by atoms with Crippen molar-refractivity contribution in [2.75, 3.05) is 12.4 Å². The third-order valence-electron chi connectivity index (χ3n) is 2.17. The highest BCUT2D eigenvalue weighted by molar-refractivity contribution is 9.10. The van der Waals surface area contributed by atoms with Crippen LogP contribution in [0.5, 0.6) is 0 Å². The van der Waals surface area contributed by atoms with Gasteiger partial charge in [-0.3, -0.25) is 4.98 Å². The van der Waals surface area contributed by atoms with E-state index < -0.39 is 0 Å². The van der Waals surface area contributed by atoms with Crippen molar-refractivity contribution in [3.05, 3.63) is 46.8 Å². The fraction of sp³-hybridized carbons (Fsp3) is 0.167. The molecule has 0 unspecified atom stereocenters. The van der Waals surface area contributed by atoms with E-state index in [9.17, 15) is 0 Å². The zero-order valence-corrected chi connectivity index (χ0v) is 11.8. The second kappa shape index (κ2) is 6.02. The molecule has 88 valence electrons. The van der Waals surface area contributed by atoms with Crippen molar-refractivity contribution in [3.8, 4) is 0 Å². The number of halogens is 1. The van der Waals surface area contributed by atoms with Gasteiger partial charge in [0.1, 0.15) is 0 Å². The molecule has 17 heavy (non-hydrogen) atoms. The van der Waals surface area contributed by atoms with Gasteiger partial charge in [0, 0.05) is 35.4 Å². The monoisotopic (exact) mass is 309 g/mol. The Kier molecular flexibility index (Phi) is 4.39. The molecule has 0 aliphatic carbocycles. The van der Waals surface area contributed by atoms with Crippen molar-refractivity contribution in [2.45, 2.75) is 10.8 Å². The average molecular weight is 310 g/mol. The van der Waals surface area contributed by atoms with Crippen LogP contribution in [-0.2, 0) is 5.75 Å². The Hall–Kier alpha value is -1.07. The molecule has 2 aromatic rings. The number of pyridine rings is 2. The Balaban J connectivity index is 1.99. The lowest BCUT2D eigenvalue weighted by Crippen LogP contribution is -1.92. The van der Waals surface area contributed by atoms with Gasteiger partial charge in [0.25, 0.3) is 0 Å². The first kappa shape index (κ1) is 12.4. The third kappa shape index (κ3) is 3.71. The second-order valence-corrected chi connectivity index (χ2v) is 5.30. The van der Waals surface area contributed by atoms with Crippen molar-refractivity contribution in [1.29, 1.82) is 0 Å². The van der Waals surface area contributed by atoms with Crippen LogP contribution in [0.1, 0.15) is 5.69 Å². The molecule has 5 heteroatoms. The van der Waals surface area contributed by atoms with Crippen LogP contribution in [0.25, 0.3) is 0 Å². The van der Waals surface area contributed by atoms with E-state index in [4.69, 9.17) is 0 Å². The number of thioether (sulfide) groups is 1. The van der Waals surface area contributed by atoms with Gasteiger partial charge in [-0.15, -0.1) is 11.8 Å². The molecule has 3 nitrogen and oxygen atoms in total. The Morgan fingerprint density at radius 1 is 1.29 bits per heavy atom. The van der Waals surface area contributed by atoms with Crippen LogP contribution in [0.3, 0.4) is 0 Å². The summed E-state index contributed by atoms with van der Waals surface area (Å²) in [6, 6.07) is 7.99. The predicted molar refractivity (Wildman–Crippen MR) is 75.3 cm³/mol. The summed E-state index contributed by atoms with van der Waals surface area (Å²) in [6.45, 7) is 0. The highest BCUT2D eigenvalue weighted by Gasteiger charge is 2.00. The minimum absolute atomic E-state index is 0.824. The number of hydrogen-bond acceptors (Lipinski definition) is 4. The maximum absolute atomic E-state index is 4.32. The van der Waals surface area contributed by atoms with Gasteiger partial charge in [0.2, 0.25) is 0 Å². The van der Waals surface area contributed by atoms with E-state index in [0.717, 1.165) is 26.6 Å². The topological polar surface area (TPSA) is 37.8 Å². The maximum atomic E-state index is 4.32. The van der Waals surface area contributed by atoms with Gasteiger partial charge in [-0.2, -0.15) is 0 Å². The van der Waals surface area contributed by atoms with E-state index in [1.165, 1.54) is 0 Å². The van der Waals surface area contributed by atoms with E-state index in [0.29, 0.717) is 0 Å². The van der Waals surface area contributed by atoms with Gasteiger partial charge in [0.05, 0.1) is 10.7 Å². The van der Waals surface area contributed by atoms with Crippen LogP contribution in [0.15, 0.2) is 46.2 Å². The number of anilines is 1. The molecular formula is C12H12BrN3S. The lowest BCUT2D eigenvalue weighted by molar-refractivity contribution is 1.11. The normalized spacial score (nSPS) is 10.2. The molecule has 2 aromatic heterocycles. The first-order valence-electron chi connectivity index (χ1n) is 5.15. The molecular weight excluding hydrogens is 298 g/mol. The quantitative estimate of drug-likeness (QED) is 0.876. The fourth-order valence-corrected chi connectivity index (χ4v) is 2.29. The Morgan fingerprint density at radius 2 is 2.18 bits per heavy atom. The molecule has 2 heterocycles. The second-order valence-electron chi connectivity index (χ2n) is 3.39. The third-order valence-corrected chi connectivity index (χ3v) is 3.62. The van der Waals surface area contributed by atoms with Crippen molar-refractivity contribution >= 4 is 33.4 Å². The highest BCUT2D eigenvalue weighted by Crippen LogP contribution is 2.22. The van der Waals surface area contributed by atoms with Crippen molar-refractivity contribution in [2.24, 2.45) is 0 Å². The number of hydrogen-bond donors (Lipinski definition) is 1. The summed E-state index contributed by atoms with van der Waals surface area (Å²) in [6.07, 6.45) is 3.62. The van der Waals surface area contributed by atoms with Gasteiger partial charge in [-0.25, -0.2) is 4.98 Å². The molecule has 0 spiro atoms. The molecule has 0 aliphatic rings. The molecule has 2 rings (SSSR count). The summed E-state index contributed by atoms with van der Waals surface area (Å²) >= 11 is 5.05. The van der Waals surface area contributed by atoms with Gasteiger partial charge < -0.3 is 5.32 Å². The van der Waals surface area contributed by atoms with E-state index in [1.807, 2.05) is 37.5 Å². The minimum Gasteiger partial charge on any atom is -0.388 e. The smallest absolute Gasteiger partial charge is 0.0964 e. The van der Waals surface area contributed by atoms with Gasteiger partial charge in [0.15, 0.2) is 0 Å². The van der Waals surface area contributed by atoms with Crippen LogP contribution < -0.4 is 5.32 Å². The van der Waals surface area contributed by atoms with Gasteiger partial charge in [-0.1, -0.05) is 0 Å². The lowest BCUT2D eigenvalue weighted by Gasteiger charge is -2.03. The van der Waals surface area contributed by atoms with Crippen LogP contribution in [-0.4, -0.2) is 17.0 Å². The van der Waals surface area contributed by atoms with E-state index in [-0.39, 0.29) is 0 Å². The van der Waals surface area contributed by atoms with Gasteiger partial charge in [-0.05, 0) is 40.2 Å². The average Bonchev–Trinajstić information content (AvgIpc) is 2.38. The number of rotatable bonds is 4. The van der Waals surface area contributed by atoms with E-state index in [1.54, 1.807) is 18.0 Å². The number of nitrogens with one attached hydrogen (secondary N) is 1. The predicted octanol–water partition coefficient (Wildman–Crippen LogP) is 3.57. The molecule has 0 amide bonds. The first-order valence-corrected chi connectivity index (χ1v) is 6.93. The molecule has 0 atom stereocenters. The van der Waals surface area contributed by atoms with E-state index in [2.05, 4.69) is 31.2 Å². The number of aromatic nitrogens is 2. The summed E-state index contributed by atoms with van der Waals surface area (Å²) in [4.78, 5) is 8.63. The van der Waals surface area contributed by atoms with Gasteiger partial charge >= 0.3 is 0 Å². The SMILES string of the molecule is CNc1ccnc(CSc2ccc(Br)cn2)c1. The molecule has 0 radical (unpaired) electrons. The molecule has 1 N–H and O–H groups in total. The maximum Gasteiger partial charge on any atom is 0.0964 e. The lowest BCUT2D eigenvalue weighted by atomic mass is 10.3. The Labute approximate surface area is 113 Å². The molecule has 0 fully saturated rings. The Bertz CT molecular complexity index is 487. The molecule has 0 saturated carbocycles. The van der Waals surface area contributed by atoms with Crippen LogP contribution in [0.2, 0.25) is 0 Å². The summed E-state index contributed by atoms with van der Waals surface area (Å²) in [7, 11) is 1.91. The minimum atomic E-state index is 0.824.